The zero-order chi connectivity index (χ0) is 11.5. The first-order valence-electron chi connectivity index (χ1n) is 5.02. The third-order valence-corrected chi connectivity index (χ3v) is 2.02. The van der Waals surface area contributed by atoms with Crippen LogP contribution in [0.2, 0.25) is 0 Å². The van der Waals surface area contributed by atoms with Crippen molar-refractivity contribution in [2.45, 2.75) is 26.0 Å². The van der Waals surface area contributed by atoms with Gasteiger partial charge in [0, 0.05) is 13.1 Å². The Kier molecular flexibility index (Phi) is 3.83. The minimum atomic E-state index is -0.700. The molecule has 0 aliphatic heterocycles. The van der Waals surface area contributed by atoms with Crippen LogP contribution in [0, 0.1) is 5.82 Å². The van der Waals surface area contributed by atoms with Crippen LogP contribution in [0.1, 0.15) is 19.4 Å². The molecule has 1 aromatic rings. The summed E-state index contributed by atoms with van der Waals surface area (Å²) in [5.41, 5.74) is 0.345. The highest BCUT2D eigenvalue weighted by Gasteiger charge is 2.15. The van der Waals surface area contributed by atoms with E-state index < -0.39 is 5.60 Å². The topological polar surface area (TPSA) is 23.5 Å². The molecule has 0 unspecified atom stereocenters. The van der Waals surface area contributed by atoms with Gasteiger partial charge in [-0.2, -0.15) is 0 Å². The van der Waals surface area contributed by atoms with Crippen LogP contribution in [-0.2, 0) is 6.54 Å². The van der Waals surface area contributed by atoms with E-state index in [0.29, 0.717) is 13.1 Å². The van der Waals surface area contributed by atoms with Crippen molar-refractivity contribution in [3.63, 3.8) is 0 Å². The van der Waals surface area contributed by atoms with E-state index in [1.165, 1.54) is 12.1 Å². The van der Waals surface area contributed by atoms with Gasteiger partial charge in [0.05, 0.1) is 5.60 Å². The Bertz CT molecular complexity index is 302. The van der Waals surface area contributed by atoms with E-state index in [9.17, 15) is 9.50 Å². The second-order valence-electron chi connectivity index (χ2n) is 4.61. The lowest BCUT2D eigenvalue weighted by Crippen LogP contribution is -2.35. The van der Waals surface area contributed by atoms with Gasteiger partial charge in [0.2, 0.25) is 0 Å². The SMILES string of the molecule is CN(Cc1ccc(F)cc1)CC(C)(C)O. The highest BCUT2D eigenvalue weighted by atomic mass is 19.1. The third kappa shape index (κ3) is 4.91. The molecule has 15 heavy (non-hydrogen) atoms. The molecule has 1 aromatic carbocycles. The van der Waals surface area contributed by atoms with Crippen molar-refractivity contribution >= 4 is 0 Å². The molecule has 0 heterocycles. The molecule has 2 nitrogen and oxygen atoms in total. The predicted octanol–water partition coefficient (Wildman–Crippen LogP) is 2.03. The quantitative estimate of drug-likeness (QED) is 0.823. The molecule has 0 aliphatic carbocycles. The highest BCUT2D eigenvalue weighted by molar-refractivity contribution is 5.15. The van der Waals surface area contributed by atoms with Gasteiger partial charge in [0.25, 0.3) is 0 Å². The summed E-state index contributed by atoms with van der Waals surface area (Å²) in [6, 6.07) is 6.42. The number of hydrogen-bond donors (Lipinski definition) is 1. The van der Waals surface area contributed by atoms with Gasteiger partial charge in [0.1, 0.15) is 5.82 Å². The molecule has 0 atom stereocenters. The predicted molar refractivity (Wildman–Crippen MR) is 59.0 cm³/mol. The summed E-state index contributed by atoms with van der Waals surface area (Å²) in [5.74, 6) is -0.219. The van der Waals surface area contributed by atoms with Crippen LogP contribution in [0.3, 0.4) is 0 Å². The maximum absolute atomic E-state index is 12.6. The van der Waals surface area contributed by atoms with Crippen molar-refractivity contribution in [2.24, 2.45) is 0 Å². The molecule has 0 saturated carbocycles. The average Bonchev–Trinajstić information content (AvgIpc) is 2.05. The smallest absolute Gasteiger partial charge is 0.123 e. The fourth-order valence-corrected chi connectivity index (χ4v) is 1.62. The molecule has 0 radical (unpaired) electrons. The van der Waals surface area contributed by atoms with Crippen molar-refractivity contribution in [3.05, 3.63) is 35.6 Å². The van der Waals surface area contributed by atoms with E-state index in [4.69, 9.17) is 0 Å². The Morgan fingerprint density at radius 2 is 1.80 bits per heavy atom. The number of benzene rings is 1. The van der Waals surface area contributed by atoms with E-state index in [0.717, 1.165) is 5.56 Å². The first kappa shape index (κ1) is 12.1. The standard InChI is InChI=1S/C12H18FNO/c1-12(2,15)9-14(3)8-10-4-6-11(13)7-5-10/h4-7,15H,8-9H2,1-3H3. The molecule has 0 aromatic heterocycles. The normalized spacial score (nSPS) is 12.1. The zero-order valence-electron chi connectivity index (χ0n) is 9.50. The number of nitrogens with zero attached hydrogens (tertiary/aromatic N) is 1. The molecule has 1 N–H and O–H groups in total. The zero-order valence-corrected chi connectivity index (χ0v) is 9.50. The Morgan fingerprint density at radius 3 is 2.27 bits per heavy atom. The van der Waals surface area contributed by atoms with Crippen molar-refractivity contribution in [2.75, 3.05) is 13.6 Å². The Hall–Kier alpha value is -0.930. The largest absolute Gasteiger partial charge is 0.389 e. The van der Waals surface area contributed by atoms with Crippen LogP contribution in [0.15, 0.2) is 24.3 Å². The first-order chi connectivity index (χ1) is 6.87. The fourth-order valence-electron chi connectivity index (χ4n) is 1.62. The lowest BCUT2D eigenvalue weighted by atomic mass is 10.1. The molecule has 0 saturated heterocycles. The number of halogens is 1. The van der Waals surface area contributed by atoms with Crippen LogP contribution in [0.4, 0.5) is 4.39 Å². The number of aliphatic hydroxyl groups is 1. The van der Waals surface area contributed by atoms with Gasteiger partial charge < -0.3 is 5.11 Å². The van der Waals surface area contributed by atoms with Crippen molar-refractivity contribution in [1.82, 2.24) is 4.90 Å². The lowest BCUT2D eigenvalue weighted by molar-refractivity contribution is 0.0425. The van der Waals surface area contributed by atoms with Crippen LogP contribution in [0.5, 0.6) is 0 Å². The summed E-state index contributed by atoms with van der Waals surface area (Å²) in [6.07, 6.45) is 0. The van der Waals surface area contributed by atoms with Crippen LogP contribution >= 0.6 is 0 Å². The summed E-state index contributed by atoms with van der Waals surface area (Å²) < 4.78 is 12.6. The van der Waals surface area contributed by atoms with Crippen LogP contribution < -0.4 is 0 Å². The van der Waals surface area contributed by atoms with Crippen LogP contribution in [0.25, 0.3) is 0 Å². The fraction of sp³-hybridized carbons (Fsp3) is 0.500. The molecule has 84 valence electrons. The number of rotatable bonds is 4. The minimum absolute atomic E-state index is 0.219. The molecular weight excluding hydrogens is 193 g/mol. The Labute approximate surface area is 90.3 Å². The van der Waals surface area contributed by atoms with Gasteiger partial charge in [-0.25, -0.2) is 4.39 Å². The van der Waals surface area contributed by atoms with E-state index >= 15 is 0 Å². The van der Waals surface area contributed by atoms with E-state index in [1.807, 2.05) is 11.9 Å². The highest BCUT2D eigenvalue weighted by Crippen LogP contribution is 2.09. The molecule has 0 bridgehead atoms. The maximum atomic E-state index is 12.6. The van der Waals surface area contributed by atoms with Gasteiger partial charge in [-0.1, -0.05) is 12.1 Å². The average molecular weight is 211 g/mol. The van der Waals surface area contributed by atoms with Gasteiger partial charge in [-0.3, -0.25) is 4.90 Å². The molecule has 0 spiro atoms. The van der Waals surface area contributed by atoms with Crippen molar-refractivity contribution in [1.29, 1.82) is 0 Å². The van der Waals surface area contributed by atoms with E-state index in [1.54, 1.807) is 26.0 Å². The first-order valence-corrected chi connectivity index (χ1v) is 5.02. The summed E-state index contributed by atoms with van der Waals surface area (Å²) >= 11 is 0. The van der Waals surface area contributed by atoms with Gasteiger partial charge in [-0.15, -0.1) is 0 Å². The lowest BCUT2D eigenvalue weighted by Gasteiger charge is -2.25. The van der Waals surface area contributed by atoms with Gasteiger partial charge in [-0.05, 0) is 38.6 Å². The monoisotopic (exact) mass is 211 g/mol. The van der Waals surface area contributed by atoms with E-state index in [-0.39, 0.29) is 5.82 Å². The molecule has 0 aliphatic rings. The third-order valence-electron chi connectivity index (χ3n) is 2.02. The van der Waals surface area contributed by atoms with Gasteiger partial charge >= 0.3 is 0 Å². The number of likely N-dealkylation sites (N-methyl/N-ethyl adjacent to an activating group) is 1. The summed E-state index contributed by atoms with van der Waals surface area (Å²) in [4.78, 5) is 2.01. The maximum Gasteiger partial charge on any atom is 0.123 e. The molecule has 1 rings (SSSR count). The second-order valence-corrected chi connectivity index (χ2v) is 4.61. The molecule has 0 fully saturated rings. The second kappa shape index (κ2) is 4.73. The summed E-state index contributed by atoms with van der Waals surface area (Å²) in [5, 5.41) is 9.61. The van der Waals surface area contributed by atoms with Crippen molar-refractivity contribution < 1.29 is 9.50 Å². The summed E-state index contributed by atoms with van der Waals surface area (Å²) in [6.45, 7) is 4.84. The van der Waals surface area contributed by atoms with Crippen molar-refractivity contribution in [3.8, 4) is 0 Å². The van der Waals surface area contributed by atoms with Crippen LogP contribution in [-0.4, -0.2) is 29.2 Å². The van der Waals surface area contributed by atoms with E-state index in [2.05, 4.69) is 0 Å². The molecular formula is C12H18FNO. The summed E-state index contributed by atoms with van der Waals surface area (Å²) in [7, 11) is 1.93. The molecule has 3 heteroatoms. The minimum Gasteiger partial charge on any atom is -0.389 e. The van der Waals surface area contributed by atoms with Gasteiger partial charge in [0.15, 0.2) is 0 Å². The Balaban J connectivity index is 2.51. The molecule has 0 amide bonds. The number of hydrogen-bond acceptors (Lipinski definition) is 2. The Morgan fingerprint density at radius 1 is 1.27 bits per heavy atom.